The summed E-state index contributed by atoms with van der Waals surface area (Å²) in [6.45, 7) is 9.48. The van der Waals surface area contributed by atoms with Gasteiger partial charge in [-0.2, -0.15) is 5.10 Å². The van der Waals surface area contributed by atoms with Crippen LogP contribution in [0.2, 0.25) is 0 Å². The minimum atomic E-state index is 0.562. The van der Waals surface area contributed by atoms with E-state index in [9.17, 15) is 0 Å². The van der Waals surface area contributed by atoms with Crippen LogP contribution in [0.1, 0.15) is 32.2 Å². The normalized spacial score (nSPS) is 11.6. The number of aromatic nitrogens is 2. The largest absolute Gasteiger partial charge is 0.313 e. The van der Waals surface area contributed by atoms with Crippen LogP contribution in [0.25, 0.3) is 0 Å². The summed E-state index contributed by atoms with van der Waals surface area (Å²) < 4.78 is 0. The van der Waals surface area contributed by atoms with E-state index < -0.39 is 0 Å². The molecule has 0 fully saturated rings. The van der Waals surface area contributed by atoms with Crippen LogP contribution in [-0.4, -0.2) is 41.3 Å². The monoisotopic (exact) mass is 224 g/mol. The average Bonchev–Trinajstić information content (AvgIpc) is 2.65. The fraction of sp³-hybridized carbons (Fsp3) is 0.750. The molecule has 1 aromatic heterocycles. The molecule has 4 nitrogen and oxygen atoms in total. The van der Waals surface area contributed by atoms with Crippen molar-refractivity contribution in [2.24, 2.45) is 0 Å². The first-order valence-corrected chi connectivity index (χ1v) is 6.07. The first-order valence-electron chi connectivity index (χ1n) is 6.07. The summed E-state index contributed by atoms with van der Waals surface area (Å²) in [7, 11) is 2.13. The van der Waals surface area contributed by atoms with Crippen molar-refractivity contribution in [2.45, 2.75) is 39.8 Å². The predicted molar refractivity (Wildman–Crippen MR) is 67.4 cm³/mol. The number of H-pyrrole nitrogens is 1. The Morgan fingerprint density at radius 1 is 1.50 bits per heavy atom. The molecule has 0 atom stereocenters. The van der Waals surface area contributed by atoms with Gasteiger partial charge in [0.2, 0.25) is 0 Å². The molecular weight excluding hydrogens is 200 g/mol. The Bertz CT molecular complexity index is 293. The van der Waals surface area contributed by atoms with E-state index in [0.717, 1.165) is 31.7 Å². The molecule has 0 radical (unpaired) electrons. The predicted octanol–water partition coefficient (Wildman–Crippen LogP) is 1.40. The van der Waals surface area contributed by atoms with Crippen molar-refractivity contribution in [1.82, 2.24) is 20.4 Å². The number of rotatable bonds is 7. The summed E-state index contributed by atoms with van der Waals surface area (Å²) in [5.74, 6) is 0. The third-order valence-electron chi connectivity index (χ3n) is 2.53. The van der Waals surface area contributed by atoms with Crippen LogP contribution in [0.3, 0.4) is 0 Å². The molecule has 0 unspecified atom stereocenters. The number of hydrogen-bond donors (Lipinski definition) is 2. The van der Waals surface area contributed by atoms with E-state index in [2.05, 4.69) is 54.3 Å². The summed E-state index contributed by atoms with van der Waals surface area (Å²) in [5.41, 5.74) is 2.34. The molecule has 0 spiro atoms. The van der Waals surface area contributed by atoms with Crippen molar-refractivity contribution in [1.29, 1.82) is 0 Å². The summed E-state index contributed by atoms with van der Waals surface area (Å²) in [5, 5.41) is 10.7. The lowest BCUT2D eigenvalue weighted by Gasteiger charge is -2.16. The SMILES string of the molecule is CCc1cc(CN(C)CCNC(C)C)[nH]n1. The molecule has 1 aromatic rings. The van der Waals surface area contributed by atoms with Gasteiger partial charge in [0.1, 0.15) is 0 Å². The first-order chi connectivity index (χ1) is 7.61. The number of nitrogens with one attached hydrogen (secondary N) is 2. The van der Waals surface area contributed by atoms with Crippen molar-refractivity contribution in [3.8, 4) is 0 Å². The van der Waals surface area contributed by atoms with Gasteiger partial charge in [0.05, 0.1) is 5.69 Å². The summed E-state index contributed by atoms with van der Waals surface area (Å²) in [4.78, 5) is 2.29. The fourth-order valence-electron chi connectivity index (χ4n) is 1.59. The van der Waals surface area contributed by atoms with Gasteiger partial charge in [0.15, 0.2) is 0 Å². The molecule has 0 saturated carbocycles. The highest BCUT2D eigenvalue weighted by Gasteiger charge is 2.03. The third kappa shape index (κ3) is 4.77. The zero-order valence-electron chi connectivity index (χ0n) is 10.9. The molecule has 0 aliphatic rings. The maximum Gasteiger partial charge on any atom is 0.0622 e. The van der Waals surface area contributed by atoms with Crippen molar-refractivity contribution in [3.63, 3.8) is 0 Å². The van der Waals surface area contributed by atoms with Crippen LogP contribution in [-0.2, 0) is 13.0 Å². The van der Waals surface area contributed by atoms with E-state index in [1.165, 1.54) is 5.69 Å². The van der Waals surface area contributed by atoms with E-state index in [1.54, 1.807) is 0 Å². The average molecular weight is 224 g/mol. The van der Waals surface area contributed by atoms with Crippen molar-refractivity contribution in [3.05, 3.63) is 17.5 Å². The molecule has 0 bridgehead atoms. The van der Waals surface area contributed by atoms with Crippen LogP contribution < -0.4 is 5.32 Å². The number of aryl methyl sites for hydroxylation is 1. The lowest BCUT2D eigenvalue weighted by atomic mass is 10.3. The van der Waals surface area contributed by atoms with Crippen molar-refractivity contribution >= 4 is 0 Å². The van der Waals surface area contributed by atoms with Crippen molar-refractivity contribution in [2.75, 3.05) is 20.1 Å². The standard InChI is InChI=1S/C12H24N4/c1-5-11-8-12(15-14-11)9-16(4)7-6-13-10(2)3/h8,10,13H,5-7,9H2,1-4H3,(H,14,15). The number of aromatic amines is 1. The highest BCUT2D eigenvalue weighted by atomic mass is 15.2. The lowest BCUT2D eigenvalue weighted by Crippen LogP contribution is -2.32. The van der Waals surface area contributed by atoms with E-state index in [1.807, 2.05) is 0 Å². The second-order valence-electron chi connectivity index (χ2n) is 4.58. The van der Waals surface area contributed by atoms with E-state index in [4.69, 9.17) is 0 Å². The van der Waals surface area contributed by atoms with Gasteiger partial charge in [-0.25, -0.2) is 0 Å². The summed E-state index contributed by atoms with van der Waals surface area (Å²) in [6, 6.07) is 2.71. The smallest absolute Gasteiger partial charge is 0.0622 e. The van der Waals surface area contributed by atoms with Crippen LogP contribution in [0.4, 0.5) is 0 Å². The van der Waals surface area contributed by atoms with Gasteiger partial charge in [-0.05, 0) is 19.5 Å². The molecule has 0 saturated heterocycles. The molecule has 0 aliphatic heterocycles. The number of nitrogens with zero attached hydrogens (tertiary/aromatic N) is 2. The van der Waals surface area contributed by atoms with Crippen LogP contribution in [0.5, 0.6) is 0 Å². The highest BCUT2D eigenvalue weighted by molar-refractivity contribution is 5.08. The molecule has 0 amide bonds. The molecular formula is C12H24N4. The Hall–Kier alpha value is -0.870. The quantitative estimate of drug-likeness (QED) is 0.736. The highest BCUT2D eigenvalue weighted by Crippen LogP contribution is 2.02. The molecule has 2 N–H and O–H groups in total. The van der Waals surface area contributed by atoms with Gasteiger partial charge in [-0.3, -0.25) is 10.00 Å². The molecule has 1 heterocycles. The van der Waals surface area contributed by atoms with Crippen LogP contribution >= 0.6 is 0 Å². The molecule has 0 aliphatic carbocycles. The Kier molecular flexibility index (Phi) is 5.49. The minimum absolute atomic E-state index is 0.562. The maximum atomic E-state index is 4.23. The van der Waals surface area contributed by atoms with Gasteiger partial charge < -0.3 is 5.32 Å². The molecule has 16 heavy (non-hydrogen) atoms. The summed E-state index contributed by atoms with van der Waals surface area (Å²) in [6.07, 6.45) is 0.995. The molecule has 0 aromatic carbocycles. The Balaban J connectivity index is 2.25. The van der Waals surface area contributed by atoms with Gasteiger partial charge >= 0.3 is 0 Å². The second-order valence-corrected chi connectivity index (χ2v) is 4.58. The zero-order chi connectivity index (χ0) is 12.0. The number of hydrogen-bond acceptors (Lipinski definition) is 3. The van der Waals surface area contributed by atoms with Gasteiger partial charge in [0, 0.05) is 31.4 Å². The maximum absolute atomic E-state index is 4.23. The zero-order valence-corrected chi connectivity index (χ0v) is 10.9. The molecule has 92 valence electrons. The van der Waals surface area contributed by atoms with Crippen molar-refractivity contribution < 1.29 is 0 Å². The Labute approximate surface area is 98.4 Å². The van der Waals surface area contributed by atoms with Crippen LogP contribution in [0, 0.1) is 0 Å². The fourth-order valence-corrected chi connectivity index (χ4v) is 1.59. The van der Waals surface area contributed by atoms with E-state index in [0.29, 0.717) is 6.04 Å². The van der Waals surface area contributed by atoms with Gasteiger partial charge in [0.25, 0.3) is 0 Å². The Morgan fingerprint density at radius 3 is 2.81 bits per heavy atom. The second kappa shape index (κ2) is 6.66. The first kappa shape index (κ1) is 13.2. The topological polar surface area (TPSA) is 44.0 Å². The van der Waals surface area contributed by atoms with E-state index in [-0.39, 0.29) is 0 Å². The minimum Gasteiger partial charge on any atom is -0.313 e. The van der Waals surface area contributed by atoms with Gasteiger partial charge in [-0.1, -0.05) is 20.8 Å². The summed E-state index contributed by atoms with van der Waals surface area (Å²) >= 11 is 0. The molecule has 4 heteroatoms. The Morgan fingerprint density at radius 2 is 2.25 bits per heavy atom. The number of likely N-dealkylation sites (N-methyl/N-ethyl adjacent to an activating group) is 1. The third-order valence-corrected chi connectivity index (χ3v) is 2.53. The van der Waals surface area contributed by atoms with Gasteiger partial charge in [-0.15, -0.1) is 0 Å². The van der Waals surface area contributed by atoms with E-state index >= 15 is 0 Å². The lowest BCUT2D eigenvalue weighted by molar-refractivity contribution is 0.316. The molecule has 1 rings (SSSR count). The van der Waals surface area contributed by atoms with Crippen LogP contribution in [0.15, 0.2) is 6.07 Å².